The van der Waals surface area contributed by atoms with Gasteiger partial charge in [-0.1, -0.05) is 6.07 Å². The number of ether oxygens (including phenoxy) is 1. The number of imide groups is 1. The fourth-order valence-corrected chi connectivity index (χ4v) is 2.54. The largest absolute Gasteiger partial charge is 0.493 e. The van der Waals surface area contributed by atoms with Crippen molar-refractivity contribution in [1.29, 1.82) is 5.26 Å². The Morgan fingerprint density at radius 2 is 2.05 bits per heavy atom. The van der Waals surface area contributed by atoms with Crippen molar-refractivity contribution in [3.63, 3.8) is 0 Å². The van der Waals surface area contributed by atoms with Crippen molar-refractivity contribution in [2.75, 3.05) is 13.2 Å². The van der Waals surface area contributed by atoms with E-state index in [2.05, 4.69) is 0 Å². The summed E-state index contributed by atoms with van der Waals surface area (Å²) in [5.74, 6) is 0.524. The number of amides is 2. The molecular weight excluding hydrogens is 256 g/mol. The van der Waals surface area contributed by atoms with Crippen molar-refractivity contribution in [3.8, 4) is 11.8 Å². The lowest BCUT2D eigenvalue weighted by molar-refractivity contribution is -0.141. The summed E-state index contributed by atoms with van der Waals surface area (Å²) >= 11 is 0. The molecule has 2 fully saturated rings. The van der Waals surface area contributed by atoms with E-state index in [-0.39, 0.29) is 23.7 Å². The first-order valence-corrected chi connectivity index (χ1v) is 6.69. The number of likely N-dealkylation sites (tertiary alicyclic amines) is 1. The van der Waals surface area contributed by atoms with Crippen molar-refractivity contribution in [3.05, 3.63) is 29.8 Å². The molecule has 1 aromatic rings. The van der Waals surface area contributed by atoms with Crippen LogP contribution in [0.5, 0.6) is 5.75 Å². The third kappa shape index (κ3) is 2.25. The van der Waals surface area contributed by atoms with E-state index in [0.29, 0.717) is 30.9 Å². The first kappa shape index (κ1) is 12.7. The number of fused-ring (bicyclic) bond motifs is 1. The highest BCUT2D eigenvalue weighted by molar-refractivity contribution is 6.08. The first-order chi connectivity index (χ1) is 9.70. The minimum absolute atomic E-state index is 0.0218. The lowest BCUT2D eigenvalue weighted by Gasteiger charge is -2.16. The maximum Gasteiger partial charge on any atom is 0.233 e. The van der Waals surface area contributed by atoms with Crippen LogP contribution in [0.3, 0.4) is 0 Å². The Labute approximate surface area is 116 Å². The van der Waals surface area contributed by atoms with Crippen LogP contribution in [0.25, 0.3) is 0 Å². The molecule has 3 rings (SSSR count). The smallest absolute Gasteiger partial charge is 0.233 e. The van der Waals surface area contributed by atoms with E-state index >= 15 is 0 Å². The van der Waals surface area contributed by atoms with Gasteiger partial charge in [0.2, 0.25) is 11.8 Å². The topological polar surface area (TPSA) is 70.4 Å². The molecule has 1 heterocycles. The van der Waals surface area contributed by atoms with Crippen molar-refractivity contribution < 1.29 is 14.3 Å². The van der Waals surface area contributed by atoms with Crippen molar-refractivity contribution in [1.82, 2.24) is 4.90 Å². The molecule has 0 bridgehead atoms. The van der Waals surface area contributed by atoms with Crippen LogP contribution in [0.2, 0.25) is 0 Å². The molecule has 20 heavy (non-hydrogen) atoms. The van der Waals surface area contributed by atoms with E-state index in [4.69, 9.17) is 10.00 Å². The van der Waals surface area contributed by atoms with E-state index in [1.165, 1.54) is 4.90 Å². The van der Waals surface area contributed by atoms with Gasteiger partial charge in [0, 0.05) is 6.54 Å². The maximum absolute atomic E-state index is 11.7. The standard InChI is InChI=1S/C15H14N2O3/c16-9-10-3-1-4-11(7-10)20-6-2-5-17-14(18)12-8-13(12)15(17)19/h1,3-4,7,12-13H,2,5-6,8H2. The van der Waals surface area contributed by atoms with E-state index in [1.807, 2.05) is 6.07 Å². The molecule has 2 amide bonds. The summed E-state index contributed by atoms with van der Waals surface area (Å²) in [6.45, 7) is 0.837. The summed E-state index contributed by atoms with van der Waals surface area (Å²) in [6.07, 6.45) is 1.35. The number of piperidine rings is 1. The predicted octanol–water partition coefficient (Wildman–Crippen LogP) is 1.33. The zero-order chi connectivity index (χ0) is 14.1. The number of carbonyl (C=O) groups excluding carboxylic acids is 2. The van der Waals surface area contributed by atoms with Crippen molar-refractivity contribution in [2.45, 2.75) is 12.8 Å². The van der Waals surface area contributed by atoms with Crippen LogP contribution in [-0.2, 0) is 9.59 Å². The minimum atomic E-state index is -0.0317. The summed E-state index contributed by atoms with van der Waals surface area (Å²) in [4.78, 5) is 24.8. The molecule has 5 heteroatoms. The molecule has 1 saturated carbocycles. The summed E-state index contributed by atoms with van der Waals surface area (Å²) in [5, 5.41) is 8.78. The third-order valence-corrected chi connectivity index (χ3v) is 3.71. The van der Waals surface area contributed by atoms with Gasteiger partial charge < -0.3 is 4.74 Å². The van der Waals surface area contributed by atoms with Gasteiger partial charge >= 0.3 is 0 Å². The van der Waals surface area contributed by atoms with Gasteiger partial charge in [0.15, 0.2) is 0 Å². The molecule has 5 nitrogen and oxygen atoms in total. The molecule has 0 radical (unpaired) electrons. The number of nitrogens with zero attached hydrogens (tertiary/aromatic N) is 2. The van der Waals surface area contributed by atoms with Crippen LogP contribution in [0.1, 0.15) is 18.4 Å². The molecule has 2 aliphatic rings. The third-order valence-electron chi connectivity index (χ3n) is 3.71. The second kappa shape index (κ2) is 4.97. The van der Waals surface area contributed by atoms with E-state index in [1.54, 1.807) is 24.3 Å². The number of carbonyl (C=O) groups is 2. The highest BCUT2D eigenvalue weighted by atomic mass is 16.5. The van der Waals surface area contributed by atoms with Gasteiger partial charge in [0.25, 0.3) is 0 Å². The lowest BCUT2D eigenvalue weighted by atomic mass is 10.2. The first-order valence-electron chi connectivity index (χ1n) is 6.69. The van der Waals surface area contributed by atoms with Gasteiger partial charge in [-0.25, -0.2) is 0 Å². The zero-order valence-electron chi connectivity index (χ0n) is 10.9. The second-order valence-electron chi connectivity index (χ2n) is 5.12. The Bertz CT molecular complexity index is 585. The summed E-state index contributed by atoms with van der Waals surface area (Å²) in [6, 6.07) is 8.96. The normalized spacial score (nSPS) is 23.4. The second-order valence-corrected chi connectivity index (χ2v) is 5.12. The van der Waals surface area contributed by atoms with E-state index in [0.717, 1.165) is 6.42 Å². The Balaban J connectivity index is 1.45. The van der Waals surface area contributed by atoms with Gasteiger partial charge in [0.1, 0.15) is 5.75 Å². The molecule has 1 saturated heterocycles. The van der Waals surface area contributed by atoms with Crippen LogP contribution >= 0.6 is 0 Å². The summed E-state index contributed by atoms with van der Waals surface area (Å²) < 4.78 is 5.52. The number of rotatable bonds is 5. The number of benzene rings is 1. The van der Waals surface area contributed by atoms with Gasteiger partial charge in [-0.05, 0) is 31.0 Å². The monoisotopic (exact) mass is 270 g/mol. The number of nitriles is 1. The summed E-state index contributed by atoms with van der Waals surface area (Å²) in [7, 11) is 0. The Kier molecular flexibility index (Phi) is 3.15. The Hall–Kier alpha value is -2.35. The molecule has 2 unspecified atom stereocenters. The molecular formula is C15H14N2O3. The molecule has 0 aromatic heterocycles. The molecule has 2 atom stereocenters. The van der Waals surface area contributed by atoms with Gasteiger partial charge in [0.05, 0.1) is 30.1 Å². The van der Waals surface area contributed by atoms with Crippen LogP contribution < -0.4 is 4.74 Å². The minimum Gasteiger partial charge on any atom is -0.493 e. The van der Waals surface area contributed by atoms with E-state index in [9.17, 15) is 9.59 Å². The maximum atomic E-state index is 11.7. The molecule has 1 aliphatic carbocycles. The molecule has 1 aromatic carbocycles. The quantitative estimate of drug-likeness (QED) is 0.598. The van der Waals surface area contributed by atoms with Crippen LogP contribution in [0, 0.1) is 23.2 Å². The Morgan fingerprint density at radius 3 is 2.75 bits per heavy atom. The highest BCUT2D eigenvalue weighted by Crippen LogP contribution is 2.46. The summed E-state index contributed by atoms with van der Waals surface area (Å²) in [5.41, 5.74) is 0.549. The van der Waals surface area contributed by atoms with E-state index < -0.39 is 0 Å². The number of hydrogen-bond donors (Lipinski definition) is 0. The van der Waals surface area contributed by atoms with Gasteiger partial charge in [-0.3, -0.25) is 14.5 Å². The van der Waals surface area contributed by atoms with Crippen LogP contribution in [-0.4, -0.2) is 29.9 Å². The lowest BCUT2D eigenvalue weighted by Crippen LogP contribution is -2.34. The molecule has 0 spiro atoms. The Morgan fingerprint density at radius 1 is 1.30 bits per heavy atom. The van der Waals surface area contributed by atoms with Gasteiger partial charge in [-0.15, -0.1) is 0 Å². The van der Waals surface area contributed by atoms with Crippen LogP contribution in [0.15, 0.2) is 24.3 Å². The predicted molar refractivity (Wildman–Crippen MR) is 69.6 cm³/mol. The SMILES string of the molecule is N#Cc1cccc(OCCCN2C(=O)C3CC3C2=O)c1. The fourth-order valence-electron chi connectivity index (χ4n) is 2.54. The van der Waals surface area contributed by atoms with Crippen molar-refractivity contribution >= 4 is 11.8 Å². The van der Waals surface area contributed by atoms with Crippen molar-refractivity contribution in [2.24, 2.45) is 11.8 Å². The average molecular weight is 270 g/mol. The van der Waals surface area contributed by atoms with Gasteiger partial charge in [-0.2, -0.15) is 5.26 Å². The average Bonchev–Trinajstić information content (AvgIpc) is 3.22. The van der Waals surface area contributed by atoms with Crippen LogP contribution in [0.4, 0.5) is 0 Å². The molecule has 0 N–H and O–H groups in total. The number of hydrogen-bond acceptors (Lipinski definition) is 4. The molecule has 102 valence electrons. The zero-order valence-corrected chi connectivity index (χ0v) is 10.9. The molecule has 1 aliphatic heterocycles. The fraction of sp³-hybridized carbons (Fsp3) is 0.400. The highest BCUT2D eigenvalue weighted by Gasteiger charge is 2.58.